The first-order chi connectivity index (χ1) is 11.8. The van der Waals surface area contributed by atoms with Crippen LogP contribution in [0.15, 0.2) is 36.7 Å². The van der Waals surface area contributed by atoms with Crippen LogP contribution in [0.4, 0.5) is 16.0 Å². The van der Waals surface area contributed by atoms with Crippen molar-refractivity contribution in [1.82, 2.24) is 9.97 Å². The smallest absolute Gasteiger partial charge is 0.134 e. The van der Waals surface area contributed by atoms with E-state index in [0.29, 0.717) is 0 Å². The summed E-state index contributed by atoms with van der Waals surface area (Å²) in [7, 11) is 0. The Morgan fingerprint density at radius 2 is 1.88 bits per heavy atom. The van der Waals surface area contributed by atoms with Gasteiger partial charge in [0.2, 0.25) is 0 Å². The number of anilines is 2. The highest BCUT2D eigenvalue weighted by Gasteiger charge is 2.28. The van der Waals surface area contributed by atoms with Crippen LogP contribution in [0.25, 0.3) is 0 Å². The number of morpholine rings is 1. The highest BCUT2D eigenvalue weighted by atomic mass is 19.1. The molecule has 0 aliphatic carbocycles. The molecule has 2 aliphatic rings. The molecule has 0 bridgehead atoms. The fourth-order valence-corrected chi connectivity index (χ4v) is 3.56. The van der Waals surface area contributed by atoms with E-state index in [0.717, 1.165) is 62.9 Å². The molecule has 0 spiro atoms. The first-order valence-corrected chi connectivity index (χ1v) is 8.48. The van der Waals surface area contributed by atoms with Gasteiger partial charge in [-0.15, -0.1) is 0 Å². The number of ether oxygens (including phenoxy) is 1. The minimum absolute atomic E-state index is 0.174. The third-order valence-electron chi connectivity index (χ3n) is 4.75. The van der Waals surface area contributed by atoms with Gasteiger partial charge < -0.3 is 14.5 Å². The molecule has 2 aromatic rings. The predicted octanol–water partition coefficient (Wildman–Crippen LogP) is 2.79. The fourth-order valence-electron chi connectivity index (χ4n) is 3.56. The zero-order valence-electron chi connectivity index (χ0n) is 13.6. The summed E-state index contributed by atoms with van der Waals surface area (Å²) in [4.78, 5) is 13.4. The molecule has 2 saturated heterocycles. The van der Waals surface area contributed by atoms with Crippen LogP contribution in [0.2, 0.25) is 0 Å². The molecule has 3 heterocycles. The molecule has 2 aliphatic heterocycles. The molecule has 2 fully saturated rings. The third-order valence-corrected chi connectivity index (χ3v) is 4.75. The van der Waals surface area contributed by atoms with Crippen molar-refractivity contribution in [3.8, 4) is 0 Å². The third kappa shape index (κ3) is 3.06. The lowest BCUT2D eigenvalue weighted by molar-refractivity contribution is 0.122. The standard InChI is InChI=1S/C18H21FN4O/c19-15-4-1-3-14(11-15)16-5-2-6-23(16)18-12-17(20-13-21-18)22-7-9-24-10-8-22/h1,3-4,11-13,16H,2,5-10H2/t16-/m1/s1. The molecule has 5 nitrogen and oxygen atoms in total. The predicted molar refractivity (Wildman–Crippen MR) is 90.8 cm³/mol. The van der Waals surface area contributed by atoms with Gasteiger partial charge in [-0.2, -0.15) is 0 Å². The van der Waals surface area contributed by atoms with E-state index in [1.807, 2.05) is 12.1 Å². The molecule has 1 aromatic heterocycles. The topological polar surface area (TPSA) is 41.5 Å². The SMILES string of the molecule is Fc1cccc([C@H]2CCCN2c2cc(N3CCOCC3)ncn2)c1. The van der Waals surface area contributed by atoms with E-state index in [2.05, 4.69) is 19.8 Å². The molecule has 4 rings (SSSR count). The lowest BCUT2D eigenvalue weighted by Gasteiger charge is -2.30. The summed E-state index contributed by atoms with van der Waals surface area (Å²) >= 11 is 0. The summed E-state index contributed by atoms with van der Waals surface area (Å²) in [6.45, 7) is 4.10. The van der Waals surface area contributed by atoms with Gasteiger partial charge >= 0.3 is 0 Å². The summed E-state index contributed by atoms with van der Waals surface area (Å²) in [5, 5.41) is 0. The van der Waals surface area contributed by atoms with Crippen LogP contribution < -0.4 is 9.80 Å². The van der Waals surface area contributed by atoms with Crippen molar-refractivity contribution in [2.24, 2.45) is 0 Å². The van der Waals surface area contributed by atoms with Gasteiger partial charge in [0, 0.05) is 25.7 Å². The molecule has 0 amide bonds. The van der Waals surface area contributed by atoms with Crippen LogP contribution in [-0.2, 0) is 4.74 Å². The van der Waals surface area contributed by atoms with Crippen molar-refractivity contribution in [3.63, 3.8) is 0 Å². The maximum absolute atomic E-state index is 13.6. The number of halogens is 1. The van der Waals surface area contributed by atoms with Crippen LogP contribution in [-0.4, -0.2) is 42.8 Å². The lowest BCUT2D eigenvalue weighted by Crippen LogP contribution is -2.37. The molecule has 1 atom stereocenters. The number of benzene rings is 1. The summed E-state index contributed by atoms with van der Waals surface area (Å²) in [5.41, 5.74) is 1.01. The second-order valence-electron chi connectivity index (χ2n) is 6.24. The van der Waals surface area contributed by atoms with Gasteiger partial charge in [0.25, 0.3) is 0 Å². The number of hydrogen-bond donors (Lipinski definition) is 0. The Labute approximate surface area is 141 Å². The quantitative estimate of drug-likeness (QED) is 0.867. The monoisotopic (exact) mass is 328 g/mol. The molecular formula is C18H21FN4O. The van der Waals surface area contributed by atoms with E-state index in [1.54, 1.807) is 18.5 Å². The highest BCUT2D eigenvalue weighted by Crippen LogP contribution is 2.36. The van der Waals surface area contributed by atoms with Gasteiger partial charge in [0.1, 0.15) is 23.8 Å². The average molecular weight is 328 g/mol. The van der Waals surface area contributed by atoms with E-state index in [9.17, 15) is 4.39 Å². The van der Waals surface area contributed by atoms with Crippen LogP contribution >= 0.6 is 0 Å². The lowest BCUT2D eigenvalue weighted by atomic mass is 10.0. The molecule has 0 unspecified atom stereocenters. The summed E-state index contributed by atoms with van der Waals surface area (Å²) in [6.07, 6.45) is 3.72. The van der Waals surface area contributed by atoms with Crippen molar-refractivity contribution in [2.75, 3.05) is 42.6 Å². The Morgan fingerprint density at radius 3 is 2.71 bits per heavy atom. The Kier molecular flexibility index (Phi) is 4.30. The normalized spacial score (nSPS) is 21.3. The van der Waals surface area contributed by atoms with Crippen molar-refractivity contribution >= 4 is 11.6 Å². The fraction of sp³-hybridized carbons (Fsp3) is 0.444. The largest absolute Gasteiger partial charge is 0.378 e. The minimum atomic E-state index is -0.184. The second-order valence-corrected chi connectivity index (χ2v) is 6.24. The number of aromatic nitrogens is 2. The van der Waals surface area contributed by atoms with E-state index in [-0.39, 0.29) is 11.9 Å². The van der Waals surface area contributed by atoms with Gasteiger partial charge in [0.15, 0.2) is 0 Å². The molecular weight excluding hydrogens is 307 g/mol. The van der Waals surface area contributed by atoms with E-state index < -0.39 is 0 Å². The van der Waals surface area contributed by atoms with Crippen molar-refractivity contribution in [3.05, 3.63) is 48.0 Å². The van der Waals surface area contributed by atoms with Gasteiger partial charge in [-0.3, -0.25) is 0 Å². The maximum atomic E-state index is 13.6. The molecule has 126 valence electrons. The first-order valence-electron chi connectivity index (χ1n) is 8.48. The Bertz CT molecular complexity index is 705. The average Bonchev–Trinajstić information content (AvgIpc) is 3.12. The van der Waals surface area contributed by atoms with Crippen molar-refractivity contribution in [2.45, 2.75) is 18.9 Å². The molecule has 0 N–H and O–H groups in total. The van der Waals surface area contributed by atoms with Gasteiger partial charge in [-0.1, -0.05) is 12.1 Å². The molecule has 24 heavy (non-hydrogen) atoms. The Hall–Kier alpha value is -2.21. The van der Waals surface area contributed by atoms with Gasteiger partial charge in [0.05, 0.1) is 19.3 Å². The van der Waals surface area contributed by atoms with Crippen LogP contribution in [0, 0.1) is 5.82 Å². The summed E-state index contributed by atoms with van der Waals surface area (Å²) in [5.74, 6) is 1.67. The highest BCUT2D eigenvalue weighted by molar-refractivity contribution is 5.52. The molecule has 6 heteroatoms. The maximum Gasteiger partial charge on any atom is 0.134 e. The summed E-state index contributed by atoms with van der Waals surface area (Å²) < 4.78 is 19.0. The van der Waals surface area contributed by atoms with Gasteiger partial charge in [-0.05, 0) is 30.5 Å². The summed E-state index contributed by atoms with van der Waals surface area (Å²) in [6, 6.07) is 9.12. The Balaban J connectivity index is 1.60. The van der Waals surface area contributed by atoms with E-state index >= 15 is 0 Å². The van der Waals surface area contributed by atoms with E-state index in [4.69, 9.17) is 4.74 Å². The van der Waals surface area contributed by atoms with Crippen LogP contribution in [0.5, 0.6) is 0 Å². The minimum Gasteiger partial charge on any atom is -0.378 e. The molecule has 0 saturated carbocycles. The number of nitrogens with zero attached hydrogens (tertiary/aromatic N) is 4. The van der Waals surface area contributed by atoms with Crippen LogP contribution in [0.3, 0.4) is 0 Å². The second kappa shape index (κ2) is 6.73. The van der Waals surface area contributed by atoms with Crippen molar-refractivity contribution in [1.29, 1.82) is 0 Å². The molecule has 0 radical (unpaired) electrons. The van der Waals surface area contributed by atoms with E-state index in [1.165, 1.54) is 6.07 Å². The Morgan fingerprint density at radius 1 is 1.04 bits per heavy atom. The number of rotatable bonds is 3. The zero-order valence-corrected chi connectivity index (χ0v) is 13.6. The zero-order chi connectivity index (χ0) is 16.4. The van der Waals surface area contributed by atoms with Crippen LogP contribution in [0.1, 0.15) is 24.4 Å². The van der Waals surface area contributed by atoms with Crippen molar-refractivity contribution < 1.29 is 9.13 Å². The molecule has 1 aromatic carbocycles. The number of hydrogen-bond acceptors (Lipinski definition) is 5. The first kappa shape index (κ1) is 15.3. The van der Waals surface area contributed by atoms with Gasteiger partial charge in [-0.25, -0.2) is 14.4 Å².